The number of carbonyl (C=O) groups is 3. The quantitative estimate of drug-likeness (QED) is 0.460. The van der Waals surface area contributed by atoms with Gasteiger partial charge in [0.25, 0.3) is 0 Å². The highest BCUT2D eigenvalue weighted by molar-refractivity contribution is 6.00. The lowest BCUT2D eigenvalue weighted by molar-refractivity contribution is -0.145. The first-order chi connectivity index (χ1) is 16.2. The lowest BCUT2D eigenvalue weighted by atomic mass is 9.88. The molecular weight excluding hydrogens is 442 g/mol. The zero-order valence-electron chi connectivity index (χ0n) is 19.7. The summed E-state index contributed by atoms with van der Waals surface area (Å²) < 4.78 is 26.9. The number of hydrogen-bond acceptors (Lipinski definition) is 9. The number of esters is 3. The van der Waals surface area contributed by atoms with Gasteiger partial charge in [-0.25, -0.2) is 0 Å². The third-order valence-corrected chi connectivity index (χ3v) is 5.13. The molecule has 0 bridgehead atoms. The van der Waals surface area contributed by atoms with Gasteiger partial charge in [0, 0.05) is 32.5 Å². The van der Waals surface area contributed by atoms with Crippen molar-refractivity contribution in [2.75, 3.05) is 14.2 Å². The van der Waals surface area contributed by atoms with Gasteiger partial charge in [0.1, 0.15) is 13.2 Å². The summed E-state index contributed by atoms with van der Waals surface area (Å²) in [7, 11) is 3.08. The predicted molar refractivity (Wildman–Crippen MR) is 124 cm³/mol. The van der Waals surface area contributed by atoms with Crippen LogP contribution in [-0.4, -0.2) is 38.4 Å². The minimum absolute atomic E-state index is 0.0220. The van der Waals surface area contributed by atoms with Crippen LogP contribution in [0.1, 0.15) is 37.5 Å². The number of carbonyl (C=O) groups excluding carboxylic acids is 3. The van der Waals surface area contributed by atoms with E-state index in [1.165, 1.54) is 20.8 Å². The van der Waals surface area contributed by atoms with Crippen molar-refractivity contribution in [3.8, 4) is 11.5 Å². The summed E-state index contributed by atoms with van der Waals surface area (Å²) in [5, 5.41) is 4.54. The van der Waals surface area contributed by atoms with Crippen LogP contribution in [-0.2, 0) is 41.8 Å². The number of methoxy groups -OCH3 is 2. The standard InChI is InChI=1S/C25H27NO8/c1-14(27)32-12-19-8-18-9-22(30-4)23(31-5)11-20(18)25(21(19)13-33-15(2)28)17-6-7-26-24(10-17)34-16(3)29/h6-11,24,26H,12-13H2,1-5H3. The molecule has 3 rings (SSSR count). The van der Waals surface area contributed by atoms with Gasteiger partial charge >= 0.3 is 17.9 Å². The Bertz CT molecular complexity index is 1180. The Kier molecular flexibility index (Phi) is 7.78. The van der Waals surface area contributed by atoms with Crippen LogP contribution in [0.25, 0.3) is 16.3 Å². The fraction of sp³-hybridized carbons (Fsp3) is 0.320. The molecule has 1 N–H and O–H groups in total. The van der Waals surface area contributed by atoms with Crippen molar-refractivity contribution in [1.29, 1.82) is 0 Å². The molecule has 0 saturated carbocycles. The van der Waals surface area contributed by atoms with Crippen LogP contribution < -0.4 is 14.8 Å². The maximum atomic E-state index is 11.7. The minimum Gasteiger partial charge on any atom is -0.493 e. The number of rotatable bonds is 8. The molecule has 9 nitrogen and oxygen atoms in total. The Balaban J connectivity index is 2.33. The predicted octanol–water partition coefficient (Wildman–Crippen LogP) is 3.37. The Morgan fingerprint density at radius 2 is 1.53 bits per heavy atom. The van der Waals surface area contributed by atoms with E-state index in [0.717, 1.165) is 16.3 Å². The molecule has 180 valence electrons. The van der Waals surface area contributed by atoms with E-state index < -0.39 is 24.1 Å². The first kappa shape index (κ1) is 24.6. The van der Waals surface area contributed by atoms with Gasteiger partial charge in [0.05, 0.1) is 14.2 Å². The molecule has 1 unspecified atom stereocenters. The molecule has 0 aromatic heterocycles. The van der Waals surface area contributed by atoms with E-state index >= 15 is 0 Å². The number of dihydropyridines is 1. The van der Waals surface area contributed by atoms with Gasteiger partial charge in [-0.05, 0) is 57.8 Å². The molecule has 1 atom stereocenters. The Morgan fingerprint density at radius 3 is 2.15 bits per heavy atom. The van der Waals surface area contributed by atoms with Gasteiger partial charge in [-0.1, -0.05) is 0 Å². The molecule has 0 aliphatic carbocycles. The van der Waals surface area contributed by atoms with E-state index in [1.807, 2.05) is 24.3 Å². The molecule has 9 heteroatoms. The highest BCUT2D eigenvalue weighted by Crippen LogP contribution is 2.40. The fourth-order valence-electron chi connectivity index (χ4n) is 3.72. The van der Waals surface area contributed by atoms with Crippen molar-refractivity contribution in [1.82, 2.24) is 5.32 Å². The van der Waals surface area contributed by atoms with Crippen molar-refractivity contribution in [3.63, 3.8) is 0 Å². The average molecular weight is 469 g/mol. The zero-order valence-corrected chi connectivity index (χ0v) is 19.7. The van der Waals surface area contributed by atoms with Crippen molar-refractivity contribution in [2.45, 2.75) is 40.2 Å². The van der Waals surface area contributed by atoms with Gasteiger partial charge in [0.15, 0.2) is 17.7 Å². The SMILES string of the molecule is COc1cc2cc(COC(C)=O)c(COC(C)=O)c(C3=CC(OC(C)=O)NC=C3)c2cc1OC. The second-order valence-electron chi connectivity index (χ2n) is 7.53. The van der Waals surface area contributed by atoms with Crippen LogP contribution in [0.5, 0.6) is 11.5 Å². The first-order valence-electron chi connectivity index (χ1n) is 10.5. The monoisotopic (exact) mass is 469 g/mol. The second kappa shape index (κ2) is 10.7. The number of fused-ring (bicyclic) bond motifs is 1. The van der Waals surface area contributed by atoms with Crippen LogP contribution in [0.15, 0.2) is 36.6 Å². The van der Waals surface area contributed by atoms with E-state index in [4.69, 9.17) is 23.7 Å². The molecule has 1 aliphatic rings. The third kappa shape index (κ3) is 5.67. The average Bonchev–Trinajstić information content (AvgIpc) is 2.79. The van der Waals surface area contributed by atoms with E-state index in [-0.39, 0.29) is 13.2 Å². The number of hydrogen-bond donors (Lipinski definition) is 1. The summed E-state index contributed by atoms with van der Waals surface area (Å²) >= 11 is 0. The minimum atomic E-state index is -0.689. The Hall–Kier alpha value is -4.01. The maximum absolute atomic E-state index is 11.7. The van der Waals surface area contributed by atoms with Crippen LogP contribution in [0.3, 0.4) is 0 Å². The van der Waals surface area contributed by atoms with Gasteiger partial charge in [-0.15, -0.1) is 0 Å². The van der Waals surface area contributed by atoms with Crippen molar-refractivity contribution >= 4 is 34.3 Å². The highest BCUT2D eigenvalue weighted by Gasteiger charge is 2.22. The molecule has 2 aromatic rings. The first-order valence-corrected chi connectivity index (χ1v) is 10.5. The molecule has 0 spiro atoms. The maximum Gasteiger partial charge on any atom is 0.304 e. The summed E-state index contributed by atoms with van der Waals surface area (Å²) in [6.07, 6.45) is 4.55. The van der Waals surface area contributed by atoms with E-state index in [9.17, 15) is 14.4 Å². The number of ether oxygens (including phenoxy) is 5. The largest absolute Gasteiger partial charge is 0.493 e. The van der Waals surface area contributed by atoms with Gasteiger partial charge in [-0.2, -0.15) is 0 Å². The second-order valence-corrected chi connectivity index (χ2v) is 7.53. The zero-order chi connectivity index (χ0) is 24.8. The van der Waals surface area contributed by atoms with E-state index in [2.05, 4.69) is 5.32 Å². The van der Waals surface area contributed by atoms with Crippen molar-refractivity contribution in [2.24, 2.45) is 0 Å². The number of nitrogens with one attached hydrogen (secondary N) is 1. The van der Waals surface area contributed by atoms with Crippen molar-refractivity contribution < 1.29 is 38.1 Å². The highest BCUT2D eigenvalue weighted by atomic mass is 16.6. The smallest absolute Gasteiger partial charge is 0.304 e. The van der Waals surface area contributed by atoms with Crippen LogP contribution in [0, 0.1) is 0 Å². The van der Waals surface area contributed by atoms with E-state index in [1.54, 1.807) is 26.5 Å². The van der Waals surface area contributed by atoms with Gasteiger partial charge in [0.2, 0.25) is 0 Å². The molecule has 1 heterocycles. The molecule has 0 amide bonds. The number of allylic oxidation sites excluding steroid dienone is 2. The van der Waals surface area contributed by atoms with Crippen LogP contribution >= 0.6 is 0 Å². The third-order valence-electron chi connectivity index (χ3n) is 5.13. The molecule has 0 radical (unpaired) electrons. The van der Waals surface area contributed by atoms with E-state index in [0.29, 0.717) is 28.2 Å². The summed E-state index contributed by atoms with van der Waals surface area (Å²) in [4.78, 5) is 34.7. The molecular formula is C25H27NO8. The van der Waals surface area contributed by atoms with Crippen LogP contribution in [0.2, 0.25) is 0 Å². The lowest BCUT2D eigenvalue weighted by Crippen LogP contribution is -2.29. The summed E-state index contributed by atoms with van der Waals surface area (Å²) in [6, 6.07) is 5.50. The van der Waals surface area contributed by atoms with Crippen LogP contribution in [0.4, 0.5) is 0 Å². The normalized spacial score (nSPS) is 14.6. The summed E-state index contributed by atoms with van der Waals surface area (Å²) in [5.74, 6) is -0.298. The molecule has 2 aromatic carbocycles. The number of benzene rings is 2. The lowest BCUT2D eigenvalue weighted by Gasteiger charge is -2.23. The molecule has 1 aliphatic heterocycles. The molecule has 0 saturated heterocycles. The summed E-state index contributed by atoms with van der Waals surface area (Å²) in [6.45, 7) is 3.89. The molecule has 34 heavy (non-hydrogen) atoms. The summed E-state index contributed by atoms with van der Waals surface area (Å²) in [5.41, 5.74) is 2.74. The fourth-order valence-corrected chi connectivity index (χ4v) is 3.72. The van der Waals surface area contributed by atoms with Gasteiger partial charge < -0.3 is 29.0 Å². The van der Waals surface area contributed by atoms with Gasteiger partial charge in [-0.3, -0.25) is 14.4 Å². The van der Waals surface area contributed by atoms with Crippen molar-refractivity contribution in [3.05, 3.63) is 53.2 Å². The Morgan fingerprint density at radius 1 is 0.882 bits per heavy atom. The molecule has 0 fully saturated rings. The Labute approximate surface area is 197 Å². The topological polar surface area (TPSA) is 109 Å².